The van der Waals surface area contributed by atoms with Gasteiger partial charge in [0.15, 0.2) is 0 Å². The first kappa shape index (κ1) is 20.2. The van der Waals surface area contributed by atoms with Gasteiger partial charge >= 0.3 is 0 Å². The summed E-state index contributed by atoms with van der Waals surface area (Å²) >= 11 is 0. The first-order valence-electron chi connectivity index (χ1n) is 10.1. The Morgan fingerprint density at radius 2 is 1.64 bits per heavy atom. The number of methoxy groups -OCH3 is 1. The van der Waals surface area contributed by atoms with Crippen molar-refractivity contribution in [2.24, 2.45) is 0 Å². The Labute approximate surface area is 168 Å². The number of nitrogens with one attached hydrogen (secondary N) is 1. The van der Waals surface area contributed by atoms with E-state index in [1.54, 1.807) is 7.11 Å². The van der Waals surface area contributed by atoms with Crippen molar-refractivity contribution in [3.05, 3.63) is 54.1 Å². The normalized spacial score (nSPS) is 14.9. The molecule has 5 nitrogen and oxygen atoms in total. The minimum Gasteiger partial charge on any atom is -0.497 e. The number of anilines is 2. The molecule has 28 heavy (non-hydrogen) atoms. The number of aryl methyl sites for hydroxylation is 1. The van der Waals surface area contributed by atoms with Crippen LogP contribution in [0.5, 0.6) is 5.75 Å². The summed E-state index contributed by atoms with van der Waals surface area (Å²) in [5, 5.41) is 3.00. The van der Waals surface area contributed by atoms with Gasteiger partial charge in [-0.3, -0.25) is 9.69 Å². The third-order valence-electron chi connectivity index (χ3n) is 5.36. The lowest BCUT2D eigenvalue weighted by molar-refractivity contribution is -0.116. The molecule has 1 fully saturated rings. The van der Waals surface area contributed by atoms with Gasteiger partial charge in [-0.25, -0.2) is 0 Å². The summed E-state index contributed by atoms with van der Waals surface area (Å²) in [6, 6.07) is 16.6. The second-order valence-electron chi connectivity index (χ2n) is 7.56. The molecule has 0 aromatic heterocycles. The SMILES string of the molecule is COc1ccc(CCC(=O)Nc2ccc(N3CCN(C(C)C)CC3)cc2)cc1. The van der Waals surface area contributed by atoms with E-state index in [0.29, 0.717) is 18.9 Å². The van der Waals surface area contributed by atoms with Gasteiger partial charge < -0.3 is 15.0 Å². The van der Waals surface area contributed by atoms with E-state index in [4.69, 9.17) is 4.74 Å². The molecule has 0 atom stereocenters. The molecule has 0 saturated carbocycles. The summed E-state index contributed by atoms with van der Waals surface area (Å²) in [5.74, 6) is 0.869. The maximum absolute atomic E-state index is 12.2. The number of carbonyl (C=O) groups is 1. The molecular weight excluding hydrogens is 350 g/mol. The number of amides is 1. The number of nitrogens with zero attached hydrogens (tertiary/aromatic N) is 2. The van der Waals surface area contributed by atoms with E-state index in [1.165, 1.54) is 5.69 Å². The Kier molecular flexibility index (Phi) is 6.93. The van der Waals surface area contributed by atoms with Gasteiger partial charge in [-0.1, -0.05) is 12.1 Å². The molecule has 3 rings (SSSR count). The van der Waals surface area contributed by atoms with Gasteiger partial charge in [0.1, 0.15) is 5.75 Å². The quantitative estimate of drug-likeness (QED) is 0.792. The number of hydrogen-bond acceptors (Lipinski definition) is 4. The predicted molar refractivity (Wildman–Crippen MR) is 115 cm³/mol. The van der Waals surface area contributed by atoms with Crippen LogP contribution >= 0.6 is 0 Å². The number of hydrogen-bond donors (Lipinski definition) is 1. The van der Waals surface area contributed by atoms with Crippen molar-refractivity contribution in [1.29, 1.82) is 0 Å². The Balaban J connectivity index is 1.46. The summed E-state index contributed by atoms with van der Waals surface area (Å²) in [4.78, 5) is 17.2. The molecule has 1 amide bonds. The number of carbonyl (C=O) groups excluding carboxylic acids is 1. The maximum Gasteiger partial charge on any atom is 0.224 e. The number of benzene rings is 2. The Morgan fingerprint density at radius 1 is 1.00 bits per heavy atom. The zero-order valence-corrected chi connectivity index (χ0v) is 17.1. The minimum absolute atomic E-state index is 0.0362. The van der Waals surface area contributed by atoms with Crippen molar-refractivity contribution in [2.75, 3.05) is 43.5 Å². The minimum atomic E-state index is 0.0362. The number of ether oxygens (including phenoxy) is 1. The van der Waals surface area contributed by atoms with E-state index >= 15 is 0 Å². The summed E-state index contributed by atoms with van der Waals surface area (Å²) in [5.41, 5.74) is 3.20. The van der Waals surface area contributed by atoms with E-state index in [9.17, 15) is 4.79 Å². The fraction of sp³-hybridized carbons (Fsp3) is 0.435. The van der Waals surface area contributed by atoms with Gasteiger partial charge in [-0.2, -0.15) is 0 Å². The summed E-state index contributed by atoms with van der Waals surface area (Å²) in [6.45, 7) is 8.80. The average Bonchev–Trinajstić information content (AvgIpc) is 2.73. The van der Waals surface area contributed by atoms with Gasteiger partial charge in [0.2, 0.25) is 5.91 Å². The third kappa shape index (κ3) is 5.49. The van der Waals surface area contributed by atoms with E-state index in [1.807, 2.05) is 36.4 Å². The highest BCUT2D eigenvalue weighted by atomic mass is 16.5. The van der Waals surface area contributed by atoms with Crippen LogP contribution in [0.15, 0.2) is 48.5 Å². The van der Waals surface area contributed by atoms with Crippen LogP contribution in [0, 0.1) is 0 Å². The molecule has 2 aromatic carbocycles. The Hall–Kier alpha value is -2.53. The smallest absolute Gasteiger partial charge is 0.224 e. The lowest BCUT2D eigenvalue weighted by Gasteiger charge is -2.38. The van der Waals surface area contributed by atoms with E-state index in [-0.39, 0.29) is 5.91 Å². The fourth-order valence-electron chi connectivity index (χ4n) is 3.53. The molecule has 1 aliphatic rings. The average molecular weight is 382 g/mol. The van der Waals surface area contributed by atoms with Crippen molar-refractivity contribution in [3.8, 4) is 5.75 Å². The molecular formula is C23H31N3O2. The molecule has 1 N–H and O–H groups in total. The van der Waals surface area contributed by atoms with Crippen LogP contribution in [0.4, 0.5) is 11.4 Å². The molecule has 0 aliphatic carbocycles. The maximum atomic E-state index is 12.2. The zero-order valence-electron chi connectivity index (χ0n) is 17.1. The van der Waals surface area contributed by atoms with Crippen molar-refractivity contribution < 1.29 is 9.53 Å². The molecule has 2 aromatic rings. The molecule has 0 spiro atoms. The Morgan fingerprint density at radius 3 is 2.21 bits per heavy atom. The van der Waals surface area contributed by atoms with E-state index < -0.39 is 0 Å². The number of piperazine rings is 1. The van der Waals surface area contributed by atoms with E-state index in [2.05, 4.69) is 41.1 Å². The number of rotatable bonds is 7. The lowest BCUT2D eigenvalue weighted by Crippen LogP contribution is -2.48. The first-order valence-corrected chi connectivity index (χ1v) is 10.1. The molecule has 5 heteroatoms. The van der Waals surface area contributed by atoms with Crippen molar-refractivity contribution in [3.63, 3.8) is 0 Å². The van der Waals surface area contributed by atoms with Gasteiger partial charge in [-0.15, -0.1) is 0 Å². The predicted octanol–water partition coefficient (Wildman–Crippen LogP) is 3.80. The van der Waals surface area contributed by atoms with Crippen LogP contribution in [0.25, 0.3) is 0 Å². The van der Waals surface area contributed by atoms with Crippen molar-refractivity contribution >= 4 is 17.3 Å². The molecule has 0 unspecified atom stereocenters. The molecule has 1 saturated heterocycles. The van der Waals surface area contributed by atoms with Crippen LogP contribution in [0.2, 0.25) is 0 Å². The second-order valence-corrected chi connectivity index (χ2v) is 7.56. The second kappa shape index (κ2) is 9.60. The first-order chi connectivity index (χ1) is 13.5. The third-order valence-corrected chi connectivity index (χ3v) is 5.36. The molecule has 1 aliphatic heterocycles. The van der Waals surface area contributed by atoms with Crippen LogP contribution in [-0.4, -0.2) is 50.1 Å². The van der Waals surface area contributed by atoms with Crippen LogP contribution in [0.3, 0.4) is 0 Å². The van der Waals surface area contributed by atoms with Gasteiger partial charge in [0, 0.05) is 50.0 Å². The molecule has 1 heterocycles. The molecule has 0 bridgehead atoms. The van der Waals surface area contributed by atoms with Crippen molar-refractivity contribution in [2.45, 2.75) is 32.7 Å². The monoisotopic (exact) mass is 381 g/mol. The summed E-state index contributed by atoms with van der Waals surface area (Å²) < 4.78 is 5.16. The van der Waals surface area contributed by atoms with Crippen LogP contribution in [0.1, 0.15) is 25.8 Å². The summed E-state index contributed by atoms with van der Waals surface area (Å²) in [6.07, 6.45) is 1.18. The zero-order chi connectivity index (χ0) is 19.9. The van der Waals surface area contributed by atoms with Gasteiger partial charge in [0.25, 0.3) is 0 Å². The highest BCUT2D eigenvalue weighted by Gasteiger charge is 2.18. The lowest BCUT2D eigenvalue weighted by atomic mass is 10.1. The summed E-state index contributed by atoms with van der Waals surface area (Å²) in [7, 11) is 1.65. The highest BCUT2D eigenvalue weighted by Crippen LogP contribution is 2.20. The Bertz CT molecular complexity index is 748. The molecule has 150 valence electrons. The van der Waals surface area contributed by atoms with Gasteiger partial charge in [-0.05, 0) is 62.2 Å². The highest BCUT2D eigenvalue weighted by molar-refractivity contribution is 5.91. The van der Waals surface area contributed by atoms with Crippen LogP contribution in [-0.2, 0) is 11.2 Å². The van der Waals surface area contributed by atoms with Crippen LogP contribution < -0.4 is 15.0 Å². The fourth-order valence-corrected chi connectivity index (χ4v) is 3.53. The van der Waals surface area contributed by atoms with Gasteiger partial charge in [0.05, 0.1) is 7.11 Å². The largest absolute Gasteiger partial charge is 0.497 e. The topological polar surface area (TPSA) is 44.8 Å². The standard InChI is InChI=1S/C23H31N3O2/c1-18(2)25-14-16-26(17-15-25)21-9-7-20(8-10-21)24-23(27)13-6-19-4-11-22(28-3)12-5-19/h4-5,7-12,18H,6,13-17H2,1-3H3,(H,24,27). The van der Waals surface area contributed by atoms with Crippen molar-refractivity contribution in [1.82, 2.24) is 4.90 Å². The molecule has 0 radical (unpaired) electrons. The van der Waals surface area contributed by atoms with E-state index in [0.717, 1.165) is 43.2 Å².